The van der Waals surface area contributed by atoms with Crippen LogP contribution < -0.4 is 10.1 Å². The molecule has 2 rings (SSSR count). The zero-order valence-corrected chi connectivity index (χ0v) is 15.2. The minimum Gasteiger partial charge on any atom is -0.494 e. The fourth-order valence-electron chi connectivity index (χ4n) is 1.95. The largest absolute Gasteiger partial charge is 0.494 e. The number of nitrogens with one attached hydrogen (secondary N) is 1. The molecule has 0 aliphatic heterocycles. The van der Waals surface area contributed by atoms with Gasteiger partial charge in [0.05, 0.1) is 11.6 Å². The molecular weight excluding hydrogens is 356 g/mol. The molecule has 0 radical (unpaired) electrons. The zero-order valence-electron chi connectivity index (χ0n) is 14.4. The van der Waals surface area contributed by atoms with Gasteiger partial charge < -0.3 is 14.8 Å². The number of pyridine rings is 1. The average Bonchev–Trinajstić information content (AvgIpc) is 2.63. The van der Waals surface area contributed by atoms with E-state index in [-0.39, 0.29) is 0 Å². The van der Waals surface area contributed by atoms with Crippen molar-refractivity contribution in [3.05, 3.63) is 59.3 Å². The van der Waals surface area contributed by atoms with Crippen LogP contribution >= 0.6 is 11.6 Å². The second-order valence-electron chi connectivity index (χ2n) is 5.27. The number of carbonyl (C=O) groups excluding carboxylic acids is 2. The average molecular weight is 375 g/mol. The number of carbonyl (C=O) groups is 2. The van der Waals surface area contributed by atoms with E-state index >= 15 is 0 Å². The molecular formula is C19H19ClN2O4. The van der Waals surface area contributed by atoms with Crippen molar-refractivity contribution in [3.8, 4) is 5.75 Å². The zero-order chi connectivity index (χ0) is 18.9. The molecule has 26 heavy (non-hydrogen) atoms. The van der Waals surface area contributed by atoms with Gasteiger partial charge in [-0.05, 0) is 49.8 Å². The summed E-state index contributed by atoms with van der Waals surface area (Å²) in [6.45, 7) is 3.98. The molecule has 0 aliphatic carbocycles. The van der Waals surface area contributed by atoms with E-state index in [1.807, 2.05) is 31.2 Å². The van der Waals surface area contributed by atoms with Crippen LogP contribution in [0.4, 0.5) is 5.82 Å². The van der Waals surface area contributed by atoms with Crippen LogP contribution in [0.5, 0.6) is 5.75 Å². The summed E-state index contributed by atoms with van der Waals surface area (Å²) in [5.74, 6) is -0.0196. The quantitative estimate of drug-likeness (QED) is 0.590. The van der Waals surface area contributed by atoms with E-state index < -0.39 is 18.0 Å². The molecule has 0 fully saturated rings. The van der Waals surface area contributed by atoms with Gasteiger partial charge in [0.2, 0.25) is 0 Å². The lowest BCUT2D eigenvalue weighted by molar-refractivity contribution is -0.148. The monoisotopic (exact) mass is 374 g/mol. The van der Waals surface area contributed by atoms with Gasteiger partial charge in [0.1, 0.15) is 11.6 Å². The Balaban J connectivity index is 1.85. The fraction of sp³-hybridized carbons (Fsp3) is 0.211. The van der Waals surface area contributed by atoms with E-state index in [1.165, 1.54) is 19.2 Å². The Bertz CT molecular complexity index is 773. The van der Waals surface area contributed by atoms with Crippen LogP contribution in [-0.2, 0) is 14.3 Å². The number of ether oxygens (including phenoxy) is 2. The summed E-state index contributed by atoms with van der Waals surface area (Å²) < 4.78 is 10.4. The molecule has 1 amide bonds. The maximum Gasteiger partial charge on any atom is 0.331 e. The summed E-state index contributed by atoms with van der Waals surface area (Å²) in [6, 6.07) is 10.4. The smallest absolute Gasteiger partial charge is 0.331 e. The lowest BCUT2D eigenvalue weighted by Crippen LogP contribution is -2.29. The minimum absolute atomic E-state index is 0.326. The van der Waals surface area contributed by atoms with Crippen molar-refractivity contribution in [1.29, 1.82) is 0 Å². The standard InChI is InChI=1S/C19H19ClN2O4/c1-3-25-16-8-4-14(5-9-16)6-11-18(23)26-13(2)19(24)22-17-10-7-15(20)12-21-17/h4-13H,3H2,1-2H3,(H,21,22,24)/b11-6+/t13-/m0/s1. The first-order chi connectivity index (χ1) is 12.5. The van der Waals surface area contributed by atoms with Gasteiger partial charge in [0, 0.05) is 12.3 Å². The van der Waals surface area contributed by atoms with E-state index in [9.17, 15) is 9.59 Å². The number of halogens is 1. The first-order valence-electron chi connectivity index (χ1n) is 8.02. The summed E-state index contributed by atoms with van der Waals surface area (Å²) in [6.07, 6.45) is 3.31. The predicted octanol–water partition coefficient (Wildman–Crippen LogP) is 3.72. The number of aromatic nitrogens is 1. The summed E-state index contributed by atoms with van der Waals surface area (Å²) in [7, 11) is 0. The van der Waals surface area contributed by atoms with E-state index in [4.69, 9.17) is 21.1 Å². The van der Waals surface area contributed by atoms with Crippen LogP contribution in [0.15, 0.2) is 48.7 Å². The topological polar surface area (TPSA) is 77.5 Å². The highest BCUT2D eigenvalue weighted by atomic mass is 35.5. The van der Waals surface area contributed by atoms with Crippen molar-refractivity contribution in [2.45, 2.75) is 20.0 Å². The third-order valence-electron chi connectivity index (χ3n) is 3.24. The van der Waals surface area contributed by atoms with Gasteiger partial charge in [-0.15, -0.1) is 0 Å². The van der Waals surface area contributed by atoms with Crippen molar-refractivity contribution in [2.75, 3.05) is 11.9 Å². The predicted molar refractivity (Wildman–Crippen MR) is 100 cm³/mol. The van der Waals surface area contributed by atoms with E-state index in [0.29, 0.717) is 17.4 Å². The number of hydrogen-bond acceptors (Lipinski definition) is 5. The molecule has 0 unspecified atom stereocenters. The van der Waals surface area contributed by atoms with Crippen molar-refractivity contribution >= 4 is 35.4 Å². The summed E-state index contributed by atoms with van der Waals surface area (Å²) in [5.41, 5.74) is 0.813. The molecule has 0 saturated heterocycles. The lowest BCUT2D eigenvalue weighted by Gasteiger charge is -2.11. The van der Waals surface area contributed by atoms with Crippen molar-refractivity contribution in [3.63, 3.8) is 0 Å². The molecule has 136 valence electrons. The number of esters is 1. The first-order valence-corrected chi connectivity index (χ1v) is 8.39. The highest BCUT2D eigenvalue weighted by Gasteiger charge is 2.17. The van der Waals surface area contributed by atoms with Gasteiger partial charge in [0.15, 0.2) is 6.10 Å². The molecule has 0 bridgehead atoms. The molecule has 0 saturated carbocycles. The Kier molecular flexibility index (Phi) is 7.17. The highest BCUT2D eigenvalue weighted by molar-refractivity contribution is 6.30. The van der Waals surface area contributed by atoms with Gasteiger partial charge >= 0.3 is 5.97 Å². The number of rotatable bonds is 7. The number of hydrogen-bond donors (Lipinski definition) is 1. The summed E-state index contributed by atoms with van der Waals surface area (Å²) in [4.78, 5) is 27.8. The highest BCUT2D eigenvalue weighted by Crippen LogP contribution is 2.13. The molecule has 1 aromatic carbocycles. The minimum atomic E-state index is -0.968. The maximum absolute atomic E-state index is 12.0. The van der Waals surface area contributed by atoms with Crippen LogP contribution in [0.2, 0.25) is 5.02 Å². The van der Waals surface area contributed by atoms with Gasteiger partial charge in [-0.1, -0.05) is 23.7 Å². The molecule has 6 nitrogen and oxygen atoms in total. The lowest BCUT2D eigenvalue weighted by atomic mass is 10.2. The molecule has 1 atom stereocenters. The van der Waals surface area contributed by atoms with Crippen molar-refractivity contribution in [1.82, 2.24) is 4.98 Å². The summed E-state index contributed by atoms with van der Waals surface area (Å²) >= 11 is 5.73. The van der Waals surface area contributed by atoms with Gasteiger partial charge in [-0.2, -0.15) is 0 Å². The Morgan fingerprint density at radius 2 is 1.96 bits per heavy atom. The van der Waals surface area contributed by atoms with Gasteiger partial charge in [-0.3, -0.25) is 4.79 Å². The van der Waals surface area contributed by atoms with Crippen LogP contribution in [0, 0.1) is 0 Å². The Hall–Kier alpha value is -2.86. The van der Waals surface area contributed by atoms with Gasteiger partial charge in [-0.25, -0.2) is 9.78 Å². The van der Waals surface area contributed by atoms with Crippen LogP contribution in [0.1, 0.15) is 19.4 Å². The second kappa shape index (κ2) is 9.58. The molecule has 1 N–H and O–H groups in total. The number of amides is 1. The van der Waals surface area contributed by atoms with Crippen molar-refractivity contribution < 1.29 is 19.1 Å². The normalized spacial score (nSPS) is 11.8. The molecule has 1 aromatic heterocycles. The van der Waals surface area contributed by atoms with E-state index in [1.54, 1.807) is 18.2 Å². The first kappa shape index (κ1) is 19.5. The van der Waals surface area contributed by atoms with E-state index in [2.05, 4.69) is 10.3 Å². The molecule has 1 heterocycles. The Morgan fingerprint density at radius 1 is 1.23 bits per heavy atom. The van der Waals surface area contributed by atoms with Crippen LogP contribution in [-0.4, -0.2) is 29.6 Å². The summed E-state index contributed by atoms with van der Waals surface area (Å²) in [5, 5.41) is 3.00. The molecule has 7 heteroatoms. The fourth-order valence-corrected chi connectivity index (χ4v) is 2.06. The third-order valence-corrected chi connectivity index (χ3v) is 3.47. The SMILES string of the molecule is CCOc1ccc(/C=C/C(=O)O[C@@H](C)C(=O)Nc2ccc(Cl)cn2)cc1. The number of anilines is 1. The third kappa shape index (κ3) is 6.22. The number of benzene rings is 1. The van der Waals surface area contributed by atoms with Crippen LogP contribution in [0.25, 0.3) is 6.08 Å². The second-order valence-corrected chi connectivity index (χ2v) is 5.70. The van der Waals surface area contributed by atoms with Crippen molar-refractivity contribution in [2.24, 2.45) is 0 Å². The maximum atomic E-state index is 12.0. The molecule has 0 aliphatic rings. The number of nitrogens with zero attached hydrogens (tertiary/aromatic N) is 1. The molecule has 2 aromatic rings. The van der Waals surface area contributed by atoms with Crippen LogP contribution in [0.3, 0.4) is 0 Å². The molecule has 0 spiro atoms. The van der Waals surface area contributed by atoms with E-state index in [0.717, 1.165) is 11.3 Å². The Labute approximate surface area is 156 Å². The van der Waals surface area contributed by atoms with Gasteiger partial charge in [0.25, 0.3) is 5.91 Å². The Morgan fingerprint density at radius 3 is 2.58 bits per heavy atom.